The van der Waals surface area contributed by atoms with Crippen molar-refractivity contribution < 1.29 is 9.47 Å². The lowest BCUT2D eigenvalue weighted by molar-refractivity contribution is -0.145. The van der Waals surface area contributed by atoms with Crippen molar-refractivity contribution in [1.82, 2.24) is 9.78 Å². The maximum absolute atomic E-state index is 6.10. The van der Waals surface area contributed by atoms with Crippen LogP contribution in [0.5, 0.6) is 0 Å². The van der Waals surface area contributed by atoms with Gasteiger partial charge in [0.05, 0.1) is 23.2 Å². The molecule has 106 valence electrons. The Bertz CT molecular complexity index is 421. The van der Waals surface area contributed by atoms with Crippen molar-refractivity contribution in [2.75, 3.05) is 19.8 Å². The zero-order valence-corrected chi connectivity index (χ0v) is 12.1. The maximum Gasteiger partial charge on any atom is 0.0746 e. The number of aromatic nitrogens is 2. The fraction of sp³-hybridized carbons (Fsp3) is 0.786. The molecule has 0 aromatic carbocycles. The van der Waals surface area contributed by atoms with Crippen LogP contribution < -0.4 is 0 Å². The first kappa shape index (κ1) is 13.4. The zero-order chi connectivity index (χ0) is 13.3. The quantitative estimate of drug-likeness (QED) is 0.783. The van der Waals surface area contributed by atoms with Crippen LogP contribution in [0.2, 0.25) is 0 Å². The first-order valence-electron chi connectivity index (χ1n) is 7.08. The van der Waals surface area contributed by atoms with E-state index in [0.29, 0.717) is 6.04 Å². The summed E-state index contributed by atoms with van der Waals surface area (Å²) in [6, 6.07) is 0.427. The van der Waals surface area contributed by atoms with Crippen LogP contribution in [0.15, 0.2) is 12.4 Å². The Morgan fingerprint density at radius 2 is 2.21 bits per heavy atom. The summed E-state index contributed by atoms with van der Waals surface area (Å²) < 4.78 is 13.6. The molecule has 1 aromatic heterocycles. The lowest BCUT2D eigenvalue weighted by atomic mass is 9.84. The van der Waals surface area contributed by atoms with Crippen molar-refractivity contribution in [2.24, 2.45) is 0 Å². The number of hydrogen-bond donors (Lipinski definition) is 0. The van der Waals surface area contributed by atoms with E-state index in [0.717, 1.165) is 51.1 Å². The third-order valence-electron chi connectivity index (χ3n) is 4.33. The van der Waals surface area contributed by atoms with Crippen LogP contribution in [0.3, 0.4) is 0 Å². The van der Waals surface area contributed by atoms with Gasteiger partial charge in [0.25, 0.3) is 0 Å². The van der Waals surface area contributed by atoms with E-state index in [4.69, 9.17) is 21.1 Å². The van der Waals surface area contributed by atoms with Crippen molar-refractivity contribution >= 4 is 11.6 Å². The van der Waals surface area contributed by atoms with Gasteiger partial charge in [-0.25, -0.2) is 0 Å². The highest BCUT2D eigenvalue weighted by Crippen LogP contribution is 2.39. The predicted octanol–water partition coefficient (Wildman–Crippen LogP) is 3.08. The lowest BCUT2D eigenvalue weighted by Crippen LogP contribution is -2.44. The molecule has 1 spiro atoms. The van der Waals surface area contributed by atoms with Gasteiger partial charge in [0, 0.05) is 31.6 Å². The van der Waals surface area contributed by atoms with Gasteiger partial charge in [-0.2, -0.15) is 5.10 Å². The molecule has 0 amide bonds. The van der Waals surface area contributed by atoms with Gasteiger partial charge in [-0.05, 0) is 32.6 Å². The van der Waals surface area contributed by atoms with Gasteiger partial charge in [0.1, 0.15) is 0 Å². The molecule has 4 nitrogen and oxygen atoms in total. The van der Waals surface area contributed by atoms with Crippen LogP contribution in [0.25, 0.3) is 0 Å². The largest absolute Gasteiger partial charge is 0.381 e. The fourth-order valence-electron chi connectivity index (χ4n) is 3.08. The molecule has 2 unspecified atom stereocenters. The summed E-state index contributed by atoms with van der Waals surface area (Å²) in [5.41, 5.74) is 1.11. The molecule has 2 saturated heterocycles. The summed E-state index contributed by atoms with van der Waals surface area (Å²) >= 11 is 6.10. The van der Waals surface area contributed by atoms with Gasteiger partial charge in [-0.1, -0.05) is 0 Å². The Kier molecular flexibility index (Phi) is 3.83. The molecule has 2 aliphatic heterocycles. The summed E-state index contributed by atoms with van der Waals surface area (Å²) in [6.07, 6.45) is 8.03. The molecule has 2 aliphatic rings. The van der Waals surface area contributed by atoms with Gasteiger partial charge < -0.3 is 9.47 Å². The second kappa shape index (κ2) is 5.43. The monoisotopic (exact) mass is 284 g/mol. The molecular formula is C14H21ClN2O2. The van der Waals surface area contributed by atoms with Crippen LogP contribution in [-0.4, -0.2) is 35.2 Å². The number of rotatable bonds is 2. The molecular weight excluding hydrogens is 264 g/mol. The Morgan fingerprint density at radius 1 is 1.42 bits per heavy atom. The standard InChI is InChI=1S/C14H21ClN2O2/c1-11(15)12-9-16-17(10-12)13-2-5-19-14(8-13)3-6-18-7-4-14/h9-11,13H,2-8H2,1H3. The predicted molar refractivity (Wildman–Crippen MR) is 73.5 cm³/mol. The first-order valence-corrected chi connectivity index (χ1v) is 7.52. The molecule has 0 radical (unpaired) electrons. The normalized spacial score (nSPS) is 28.4. The second-order valence-electron chi connectivity index (χ2n) is 5.66. The lowest BCUT2D eigenvalue weighted by Gasteiger charge is -2.43. The van der Waals surface area contributed by atoms with Crippen molar-refractivity contribution in [1.29, 1.82) is 0 Å². The van der Waals surface area contributed by atoms with E-state index >= 15 is 0 Å². The summed E-state index contributed by atoms with van der Waals surface area (Å²) in [7, 11) is 0. The van der Waals surface area contributed by atoms with E-state index in [1.54, 1.807) is 0 Å². The average Bonchev–Trinajstić information content (AvgIpc) is 2.89. The van der Waals surface area contributed by atoms with E-state index in [1.807, 2.05) is 13.1 Å². The molecule has 0 N–H and O–H groups in total. The van der Waals surface area contributed by atoms with Crippen molar-refractivity contribution in [3.05, 3.63) is 18.0 Å². The van der Waals surface area contributed by atoms with Crippen LogP contribution in [-0.2, 0) is 9.47 Å². The molecule has 5 heteroatoms. The number of ether oxygens (including phenoxy) is 2. The van der Waals surface area contributed by atoms with Gasteiger partial charge in [0.2, 0.25) is 0 Å². The molecule has 2 atom stereocenters. The highest BCUT2D eigenvalue weighted by Gasteiger charge is 2.39. The van der Waals surface area contributed by atoms with E-state index < -0.39 is 0 Å². The van der Waals surface area contributed by atoms with E-state index in [2.05, 4.69) is 16.0 Å². The average molecular weight is 285 g/mol. The summed E-state index contributed by atoms with van der Waals surface area (Å²) in [5, 5.41) is 4.50. The van der Waals surface area contributed by atoms with Crippen molar-refractivity contribution in [3.63, 3.8) is 0 Å². The highest BCUT2D eigenvalue weighted by atomic mass is 35.5. The number of nitrogens with zero attached hydrogens (tertiary/aromatic N) is 2. The Labute approximate surface area is 119 Å². The van der Waals surface area contributed by atoms with Gasteiger partial charge >= 0.3 is 0 Å². The summed E-state index contributed by atoms with van der Waals surface area (Å²) in [4.78, 5) is 0. The minimum absolute atomic E-state index is 0.0138. The minimum Gasteiger partial charge on any atom is -0.381 e. The molecule has 1 aromatic rings. The van der Waals surface area contributed by atoms with E-state index in [1.165, 1.54) is 0 Å². The maximum atomic E-state index is 6.10. The SMILES string of the molecule is CC(Cl)c1cnn(C2CCOC3(CCOCC3)C2)c1. The minimum atomic E-state index is 0.0138. The Balaban J connectivity index is 1.73. The third-order valence-corrected chi connectivity index (χ3v) is 4.58. The molecule has 0 aliphatic carbocycles. The van der Waals surface area contributed by atoms with Crippen LogP contribution in [0, 0.1) is 0 Å². The Morgan fingerprint density at radius 3 is 2.89 bits per heavy atom. The fourth-order valence-corrected chi connectivity index (χ4v) is 3.19. The molecule has 0 saturated carbocycles. The third kappa shape index (κ3) is 2.81. The number of alkyl halides is 1. The van der Waals surface area contributed by atoms with Crippen LogP contribution in [0.4, 0.5) is 0 Å². The molecule has 3 rings (SSSR count). The van der Waals surface area contributed by atoms with Gasteiger partial charge in [-0.15, -0.1) is 11.6 Å². The summed E-state index contributed by atoms with van der Waals surface area (Å²) in [6.45, 7) is 4.43. The van der Waals surface area contributed by atoms with Crippen molar-refractivity contribution in [3.8, 4) is 0 Å². The highest BCUT2D eigenvalue weighted by molar-refractivity contribution is 6.20. The van der Waals surface area contributed by atoms with Crippen molar-refractivity contribution in [2.45, 2.75) is 49.6 Å². The molecule has 0 bridgehead atoms. The molecule has 19 heavy (non-hydrogen) atoms. The van der Waals surface area contributed by atoms with Crippen LogP contribution in [0.1, 0.15) is 49.6 Å². The smallest absolute Gasteiger partial charge is 0.0746 e. The Hall–Kier alpha value is -0.580. The van der Waals surface area contributed by atoms with Gasteiger partial charge in [-0.3, -0.25) is 4.68 Å². The molecule has 2 fully saturated rings. The summed E-state index contributed by atoms with van der Waals surface area (Å²) in [5.74, 6) is 0. The van der Waals surface area contributed by atoms with E-state index in [9.17, 15) is 0 Å². The van der Waals surface area contributed by atoms with Gasteiger partial charge in [0.15, 0.2) is 0 Å². The second-order valence-corrected chi connectivity index (χ2v) is 6.31. The van der Waals surface area contributed by atoms with E-state index in [-0.39, 0.29) is 11.0 Å². The molecule has 3 heterocycles. The first-order chi connectivity index (χ1) is 9.19. The number of halogens is 1. The number of hydrogen-bond acceptors (Lipinski definition) is 3. The topological polar surface area (TPSA) is 36.3 Å². The van der Waals surface area contributed by atoms with Crippen LogP contribution >= 0.6 is 11.6 Å². The zero-order valence-electron chi connectivity index (χ0n) is 11.3.